The Bertz CT molecular complexity index is 1950. The van der Waals surface area contributed by atoms with Crippen LogP contribution in [0.5, 0.6) is 0 Å². The fourth-order valence-electron chi connectivity index (χ4n) is 5.13. The van der Waals surface area contributed by atoms with E-state index < -0.39 is 0 Å². The van der Waals surface area contributed by atoms with E-state index in [2.05, 4.69) is 96.2 Å². The second-order valence-electron chi connectivity index (χ2n) is 10.4. The molecule has 182 valence electrons. The van der Waals surface area contributed by atoms with Crippen molar-refractivity contribution in [2.75, 3.05) is 0 Å². The molecule has 0 amide bonds. The van der Waals surface area contributed by atoms with Crippen LogP contribution in [0.3, 0.4) is 0 Å². The van der Waals surface area contributed by atoms with E-state index in [4.69, 9.17) is 4.98 Å². The molecule has 0 aliphatic carbocycles. The van der Waals surface area contributed by atoms with Gasteiger partial charge in [0.1, 0.15) is 11.6 Å². The summed E-state index contributed by atoms with van der Waals surface area (Å²) in [5.41, 5.74) is 5.54. The highest BCUT2D eigenvalue weighted by Crippen LogP contribution is 2.40. The third-order valence-corrected chi connectivity index (χ3v) is 8.33. The number of nitrogens with zero attached hydrogens (tertiary/aromatic N) is 3. The number of hydrogen-bond donors (Lipinski definition) is 2. The predicted octanol–water partition coefficient (Wildman–Crippen LogP) is 8.78. The molecule has 0 unspecified atom stereocenters. The highest BCUT2D eigenvalue weighted by Gasteiger charge is 2.16. The monoisotopic (exact) mass is 501 g/mol. The topological polar surface area (TPSA) is 70.2 Å². The summed E-state index contributed by atoms with van der Waals surface area (Å²) in [5.74, 6) is 2.74. The van der Waals surface area contributed by atoms with Gasteiger partial charge in [0.15, 0.2) is 0 Å². The quantitative estimate of drug-likeness (QED) is 0.237. The van der Waals surface area contributed by atoms with Crippen LogP contribution < -0.4 is 0 Å². The van der Waals surface area contributed by atoms with Gasteiger partial charge in [-0.05, 0) is 46.0 Å². The van der Waals surface area contributed by atoms with Gasteiger partial charge in [0.2, 0.25) is 0 Å². The van der Waals surface area contributed by atoms with Gasteiger partial charge in [-0.15, -0.1) is 11.3 Å². The minimum atomic E-state index is 0.329. The number of H-pyrrole nitrogens is 2. The van der Waals surface area contributed by atoms with Crippen molar-refractivity contribution < 1.29 is 0 Å². The molecule has 0 fully saturated rings. The largest absolute Gasteiger partial charge is 0.342 e. The average molecular weight is 502 g/mol. The third-order valence-electron chi connectivity index (χ3n) is 7.18. The van der Waals surface area contributed by atoms with E-state index in [1.807, 2.05) is 29.9 Å². The van der Waals surface area contributed by atoms with Crippen molar-refractivity contribution in [2.24, 2.45) is 0 Å². The van der Waals surface area contributed by atoms with Crippen molar-refractivity contribution in [1.29, 1.82) is 0 Å². The summed E-state index contributed by atoms with van der Waals surface area (Å²) in [6.07, 6.45) is 5.75. The van der Waals surface area contributed by atoms with Crippen molar-refractivity contribution in [3.63, 3.8) is 0 Å². The lowest BCUT2D eigenvalue weighted by Crippen LogP contribution is -1.89. The van der Waals surface area contributed by atoms with E-state index in [0.717, 1.165) is 33.8 Å². The van der Waals surface area contributed by atoms with E-state index in [-0.39, 0.29) is 0 Å². The first-order valence-corrected chi connectivity index (χ1v) is 13.6. The number of nitrogens with one attached hydrogen (secondary N) is 2. The molecule has 7 aromatic rings. The van der Waals surface area contributed by atoms with Gasteiger partial charge in [0.05, 0.1) is 22.9 Å². The molecule has 0 spiro atoms. The maximum atomic E-state index is 4.94. The van der Waals surface area contributed by atoms with Crippen LogP contribution in [-0.4, -0.2) is 24.9 Å². The zero-order chi connectivity index (χ0) is 25.3. The van der Waals surface area contributed by atoms with E-state index >= 15 is 0 Å². The Kier molecular flexibility index (Phi) is 4.95. The predicted molar refractivity (Wildman–Crippen MR) is 155 cm³/mol. The summed E-state index contributed by atoms with van der Waals surface area (Å²) < 4.78 is 1.27. The van der Waals surface area contributed by atoms with E-state index in [9.17, 15) is 0 Å². The molecule has 0 radical (unpaired) electrons. The van der Waals surface area contributed by atoms with Gasteiger partial charge in [-0.2, -0.15) is 0 Å². The number of pyridine rings is 1. The fraction of sp³-hybridized carbons (Fsp3) is 0.194. The number of thiophene rings is 1. The number of fused-ring (bicyclic) bond motifs is 7. The Morgan fingerprint density at radius 3 is 2.38 bits per heavy atom. The van der Waals surface area contributed by atoms with Gasteiger partial charge in [0.25, 0.3) is 0 Å². The molecular weight excluding hydrogens is 474 g/mol. The van der Waals surface area contributed by atoms with Gasteiger partial charge in [-0.1, -0.05) is 52.0 Å². The van der Waals surface area contributed by atoms with Gasteiger partial charge < -0.3 is 9.97 Å². The van der Waals surface area contributed by atoms with Crippen molar-refractivity contribution in [2.45, 2.75) is 39.5 Å². The molecule has 37 heavy (non-hydrogen) atoms. The number of imidazole rings is 2. The Labute approximate surface area is 218 Å². The second-order valence-corrected chi connectivity index (χ2v) is 11.5. The summed E-state index contributed by atoms with van der Waals surface area (Å²) in [7, 11) is 0. The number of hydrogen-bond acceptors (Lipinski definition) is 4. The van der Waals surface area contributed by atoms with Crippen LogP contribution in [0.2, 0.25) is 0 Å². The second kappa shape index (κ2) is 8.25. The molecule has 0 saturated carbocycles. The van der Waals surface area contributed by atoms with E-state index in [0.29, 0.717) is 11.8 Å². The molecule has 3 aromatic carbocycles. The fourth-order valence-corrected chi connectivity index (χ4v) is 6.23. The highest BCUT2D eigenvalue weighted by molar-refractivity contribution is 7.22. The molecule has 4 heterocycles. The van der Waals surface area contributed by atoms with Crippen LogP contribution >= 0.6 is 11.3 Å². The first-order valence-electron chi connectivity index (χ1n) is 12.7. The van der Waals surface area contributed by atoms with Gasteiger partial charge in [-0.3, -0.25) is 4.98 Å². The average Bonchev–Trinajstić information content (AvgIpc) is 3.66. The van der Waals surface area contributed by atoms with Crippen LogP contribution in [0.4, 0.5) is 0 Å². The molecule has 5 nitrogen and oxygen atoms in total. The summed E-state index contributed by atoms with van der Waals surface area (Å²) in [5, 5.41) is 5.95. The number of rotatable bonds is 4. The lowest BCUT2D eigenvalue weighted by Gasteiger charge is -2.07. The number of benzene rings is 3. The van der Waals surface area contributed by atoms with Crippen LogP contribution in [0, 0.1) is 0 Å². The minimum Gasteiger partial charge on any atom is -0.342 e. The zero-order valence-corrected chi connectivity index (χ0v) is 22.1. The van der Waals surface area contributed by atoms with Gasteiger partial charge in [0, 0.05) is 50.1 Å². The van der Waals surface area contributed by atoms with Gasteiger partial charge >= 0.3 is 0 Å². The maximum absolute atomic E-state index is 4.94. The normalized spacial score (nSPS) is 12.3. The zero-order valence-electron chi connectivity index (χ0n) is 21.3. The number of aromatic nitrogens is 5. The molecule has 0 aliphatic heterocycles. The lowest BCUT2D eigenvalue weighted by atomic mass is 9.99. The van der Waals surface area contributed by atoms with Crippen molar-refractivity contribution >= 4 is 54.0 Å². The summed E-state index contributed by atoms with van der Waals surface area (Å²) in [4.78, 5) is 22.2. The lowest BCUT2D eigenvalue weighted by molar-refractivity contribution is 0.795. The van der Waals surface area contributed by atoms with Crippen molar-refractivity contribution in [3.8, 4) is 21.7 Å². The molecule has 7 rings (SSSR count). The Hall–Kier alpha value is -4.03. The standard InChI is InChI=1S/C31H27N5S/c1-16(2)30-33-15-25(34-30)18-5-6-20-13-27(37-26(20)12-18)19-7-8-22-23(11-19)21-9-10-32-14-24(21)29-28(22)35-31(36-29)17(3)4/h5-17H,1-4H3,(H,33,34)(H,35,36). The molecule has 2 N–H and O–H groups in total. The molecule has 6 heteroatoms. The molecule has 0 aliphatic rings. The highest BCUT2D eigenvalue weighted by atomic mass is 32.1. The molecule has 4 aromatic heterocycles. The van der Waals surface area contributed by atoms with E-state index in [1.54, 1.807) is 0 Å². The summed E-state index contributed by atoms with van der Waals surface area (Å²) in [6, 6.07) is 17.9. The van der Waals surface area contributed by atoms with Crippen LogP contribution in [0.1, 0.15) is 51.2 Å². The summed E-state index contributed by atoms with van der Waals surface area (Å²) in [6.45, 7) is 8.64. The number of aromatic amines is 2. The molecule has 0 bridgehead atoms. The smallest absolute Gasteiger partial charge is 0.109 e. The van der Waals surface area contributed by atoms with Crippen LogP contribution in [-0.2, 0) is 0 Å². The maximum Gasteiger partial charge on any atom is 0.109 e. The van der Waals surface area contributed by atoms with Crippen molar-refractivity contribution in [1.82, 2.24) is 24.9 Å². The van der Waals surface area contributed by atoms with Crippen molar-refractivity contribution in [3.05, 3.63) is 78.8 Å². The summed E-state index contributed by atoms with van der Waals surface area (Å²) >= 11 is 1.83. The SMILES string of the molecule is CC(C)c1ncc(-c2ccc3cc(-c4ccc5c(c4)c4ccncc4c4nc(C(C)C)[nH]c54)sc3c2)[nH]1. The van der Waals surface area contributed by atoms with Gasteiger partial charge in [-0.25, -0.2) is 9.97 Å². The van der Waals surface area contributed by atoms with E-state index in [1.165, 1.54) is 42.2 Å². The third kappa shape index (κ3) is 3.55. The Balaban J connectivity index is 1.38. The molecule has 0 saturated heterocycles. The Morgan fingerprint density at radius 1 is 0.730 bits per heavy atom. The first-order chi connectivity index (χ1) is 18.0. The Morgan fingerprint density at radius 2 is 1.57 bits per heavy atom. The molecule has 0 atom stereocenters. The minimum absolute atomic E-state index is 0.329. The molecular formula is C31H27N5S. The van der Waals surface area contributed by atoms with Crippen LogP contribution in [0.15, 0.2) is 67.1 Å². The van der Waals surface area contributed by atoms with Crippen LogP contribution in [0.25, 0.3) is 64.4 Å². The first kappa shape index (κ1) is 22.2.